The second kappa shape index (κ2) is 11.6. The Hall–Kier alpha value is -2.77. The van der Waals surface area contributed by atoms with Crippen LogP contribution in [0.5, 0.6) is 5.75 Å². The molecule has 1 aliphatic heterocycles. The highest BCUT2D eigenvalue weighted by molar-refractivity contribution is 9.10. The molecule has 176 valence electrons. The Morgan fingerprint density at radius 2 is 1.79 bits per heavy atom. The number of halogens is 1. The van der Waals surface area contributed by atoms with Gasteiger partial charge in [0.2, 0.25) is 11.8 Å². The molecule has 34 heavy (non-hydrogen) atoms. The summed E-state index contributed by atoms with van der Waals surface area (Å²) in [4.78, 5) is 28.9. The highest BCUT2D eigenvalue weighted by Crippen LogP contribution is 2.32. The maximum atomic E-state index is 13.2. The van der Waals surface area contributed by atoms with Crippen LogP contribution in [0.25, 0.3) is 0 Å². The van der Waals surface area contributed by atoms with Gasteiger partial charge >= 0.3 is 0 Å². The van der Waals surface area contributed by atoms with Gasteiger partial charge in [-0.25, -0.2) is 0 Å². The third kappa shape index (κ3) is 6.02. The summed E-state index contributed by atoms with van der Waals surface area (Å²) in [6, 6.07) is 23.0. The van der Waals surface area contributed by atoms with Gasteiger partial charge in [-0.1, -0.05) is 58.4 Å². The lowest BCUT2D eigenvalue weighted by atomic mass is 10.1. The van der Waals surface area contributed by atoms with Crippen LogP contribution in [0.15, 0.2) is 82.2 Å². The van der Waals surface area contributed by atoms with Gasteiger partial charge in [0, 0.05) is 21.7 Å². The first-order chi connectivity index (χ1) is 16.5. The number of rotatable bonds is 8. The monoisotopic (exact) mass is 538 g/mol. The number of para-hydroxylation sites is 1. The van der Waals surface area contributed by atoms with E-state index >= 15 is 0 Å². The van der Waals surface area contributed by atoms with E-state index in [9.17, 15) is 9.59 Å². The number of carbonyl (C=O) groups is 2. The molecule has 7 heteroatoms. The van der Waals surface area contributed by atoms with E-state index < -0.39 is 6.04 Å². The number of methoxy groups -OCH3 is 1. The fourth-order valence-corrected chi connectivity index (χ4v) is 5.66. The van der Waals surface area contributed by atoms with Gasteiger partial charge < -0.3 is 15.0 Å². The van der Waals surface area contributed by atoms with Crippen molar-refractivity contribution in [3.05, 3.63) is 88.4 Å². The number of amides is 2. The van der Waals surface area contributed by atoms with Crippen LogP contribution in [0.2, 0.25) is 0 Å². The number of likely N-dealkylation sites (tertiary alicyclic amines) is 1. The normalized spacial score (nSPS) is 15.2. The largest absolute Gasteiger partial charge is 0.497 e. The van der Waals surface area contributed by atoms with Gasteiger partial charge in [-0.05, 0) is 54.3 Å². The summed E-state index contributed by atoms with van der Waals surface area (Å²) in [6.07, 6.45) is 1.77. The zero-order valence-electron chi connectivity index (χ0n) is 19.0. The van der Waals surface area contributed by atoms with Gasteiger partial charge in [-0.3, -0.25) is 9.59 Å². The van der Waals surface area contributed by atoms with E-state index in [0.717, 1.165) is 38.5 Å². The molecule has 0 aromatic heterocycles. The molecule has 0 saturated carbocycles. The van der Waals surface area contributed by atoms with Crippen molar-refractivity contribution in [2.24, 2.45) is 0 Å². The predicted octanol–water partition coefficient (Wildman–Crippen LogP) is 5.92. The third-order valence-electron chi connectivity index (χ3n) is 5.88. The van der Waals surface area contributed by atoms with E-state index in [1.54, 1.807) is 23.8 Å². The molecule has 1 aliphatic rings. The van der Waals surface area contributed by atoms with E-state index in [-0.39, 0.29) is 18.2 Å². The standard InChI is InChI=1S/C27H27BrN2O3S/c1-33-21-14-12-19(13-15-21)17-26(31)30-16-6-10-24(30)27(32)29-23-9-4-5-11-25(23)34-18-20-7-2-3-8-22(20)28/h2-5,7-9,11-15,24H,6,10,16-18H2,1H3,(H,29,32)/t24-/m0/s1. The molecule has 1 saturated heterocycles. The van der Waals surface area contributed by atoms with E-state index in [1.165, 1.54) is 5.56 Å². The number of anilines is 1. The molecule has 1 heterocycles. The zero-order chi connectivity index (χ0) is 23.9. The van der Waals surface area contributed by atoms with Gasteiger partial charge in [0.1, 0.15) is 11.8 Å². The molecule has 0 radical (unpaired) electrons. The molecule has 3 aromatic rings. The van der Waals surface area contributed by atoms with Crippen LogP contribution < -0.4 is 10.1 Å². The first-order valence-electron chi connectivity index (χ1n) is 11.2. The second-order valence-electron chi connectivity index (χ2n) is 8.14. The molecule has 2 amide bonds. The second-order valence-corrected chi connectivity index (χ2v) is 10.0. The Balaban J connectivity index is 1.40. The molecular weight excluding hydrogens is 512 g/mol. The summed E-state index contributed by atoms with van der Waals surface area (Å²) in [5.41, 5.74) is 2.88. The highest BCUT2D eigenvalue weighted by Gasteiger charge is 2.34. The lowest BCUT2D eigenvalue weighted by molar-refractivity contribution is -0.136. The van der Waals surface area contributed by atoms with Crippen LogP contribution >= 0.6 is 27.7 Å². The van der Waals surface area contributed by atoms with Crippen molar-refractivity contribution in [3.63, 3.8) is 0 Å². The maximum absolute atomic E-state index is 13.2. The van der Waals surface area contributed by atoms with Crippen molar-refractivity contribution >= 4 is 45.2 Å². The van der Waals surface area contributed by atoms with E-state index in [4.69, 9.17) is 4.74 Å². The highest BCUT2D eigenvalue weighted by atomic mass is 79.9. The Morgan fingerprint density at radius 1 is 1.06 bits per heavy atom. The number of nitrogens with zero attached hydrogens (tertiary/aromatic N) is 1. The summed E-state index contributed by atoms with van der Waals surface area (Å²) >= 11 is 5.27. The molecule has 0 bridgehead atoms. The number of hydrogen-bond acceptors (Lipinski definition) is 4. The number of carbonyl (C=O) groups excluding carboxylic acids is 2. The first kappa shape index (κ1) is 24.4. The van der Waals surface area contributed by atoms with Crippen LogP contribution in [0.3, 0.4) is 0 Å². The van der Waals surface area contributed by atoms with Gasteiger partial charge in [-0.2, -0.15) is 0 Å². The SMILES string of the molecule is COc1ccc(CC(=O)N2CCC[C@H]2C(=O)Nc2ccccc2SCc2ccccc2Br)cc1. The third-order valence-corrected chi connectivity index (χ3v) is 7.77. The van der Waals surface area contributed by atoms with Crippen molar-refractivity contribution in [1.82, 2.24) is 4.90 Å². The fourth-order valence-electron chi connectivity index (χ4n) is 4.04. The zero-order valence-corrected chi connectivity index (χ0v) is 21.4. The van der Waals surface area contributed by atoms with E-state index in [1.807, 2.05) is 66.7 Å². The average molecular weight is 539 g/mol. The smallest absolute Gasteiger partial charge is 0.247 e. The van der Waals surface area contributed by atoms with Crippen molar-refractivity contribution in [1.29, 1.82) is 0 Å². The number of ether oxygens (including phenoxy) is 1. The molecule has 1 fully saturated rings. The summed E-state index contributed by atoms with van der Waals surface area (Å²) < 4.78 is 6.25. The van der Waals surface area contributed by atoms with Crippen molar-refractivity contribution in [2.75, 3.05) is 19.0 Å². The lowest BCUT2D eigenvalue weighted by Gasteiger charge is -2.24. The number of nitrogens with one attached hydrogen (secondary N) is 1. The summed E-state index contributed by atoms with van der Waals surface area (Å²) in [5, 5.41) is 3.09. The van der Waals surface area contributed by atoms with Gasteiger partial charge in [-0.15, -0.1) is 11.8 Å². The molecular formula is C27H27BrN2O3S. The Kier molecular flexibility index (Phi) is 8.29. The lowest BCUT2D eigenvalue weighted by Crippen LogP contribution is -2.43. The molecule has 4 rings (SSSR count). The number of hydrogen-bond donors (Lipinski definition) is 1. The predicted molar refractivity (Wildman–Crippen MR) is 140 cm³/mol. The summed E-state index contributed by atoms with van der Waals surface area (Å²) in [6.45, 7) is 0.603. The van der Waals surface area contributed by atoms with Crippen molar-refractivity contribution < 1.29 is 14.3 Å². The fraction of sp³-hybridized carbons (Fsp3) is 0.259. The van der Waals surface area contributed by atoms with Crippen LogP contribution in [-0.2, 0) is 21.8 Å². The van der Waals surface area contributed by atoms with Crippen molar-refractivity contribution in [2.45, 2.75) is 36.0 Å². The molecule has 0 unspecified atom stereocenters. The van der Waals surface area contributed by atoms with E-state index in [0.29, 0.717) is 13.0 Å². The van der Waals surface area contributed by atoms with Gasteiger partial charge in [0.05, 0.1) is 19.2 Å². The van der Waals surface area contributed by atoms with Gasteiger partial charge in [0.25, 0.3) is 0 Å². The molecule has 1 N–H and O–H groups in total. The van der Waals surface area contributed by atoms with Gasteiger partial charge in [0.15, 0.2) is 0 Å². The topological polar surface area (TPSA) is 58.6 Å². The minimum absolute atomic E-state index is 0.0283. The van der Waals surface area contributed by atoms with Crippen LogP contribution in [-0.4, -0.2) is 36.4 Å². The first-order valence-corrected chi connectivity index (χ1v) is 13.0. The number of thioether (sulfide) groups is 1. The molecule has 0 aliphatic carbocycles. The van der Waals surface area contributed by atoms with Crippen LogP contribution in [0.1, 0.15) is 24.0 Å². The van der Waals surface area contributed by atoms with Crippen LogP contribution in [0, 0.1) is 0 Å². The molecule has 0 spiro atoms. The summed E-state index contributed by atoms with van der Waals surface area (Å²) in [5.74, 6) is 1.38. The summed E-state index contributed by atoms with van der Waals surface area (Å²) in [7, 11) is 1.62. The Bertz CT molecular complexity index is 1150. The van der Waals surface area contributed by atoms with Crippen LogP contribution in [0.4, 0.5) is 5.69 Å². The van der Waals surface area contributed by atoms with E-state index in [2.05, 4.69) is 27.3 Å². The van der Waals surface area contributed by atoms with Crippen molar-refractivity contribution in [3.8, 4) is 5.75 Å². The molecule has 3 aromatic carbocycles. The Morgan fingerprint density at radius 3 is 2.56 bits per heavy atom. The molecule has 5 nitrogen and oxygen atoms in total. The maximum Gasteiger partial charge on any atom is 0.247 e. The average Bonchev–Trinajstić information content (AvgIpc) is 3.35. The number of benzene rings is 3. The Labute approximate surface area is 213 Å². The minimum Gasteiger partial charge on any atom is -0.497 e. The quantitative estimate of drug-likeness (QED) is 0.361. The molecule has 1 atom stereocenters. The minimum atomic E-state index is -0.452.